The normalized spacial score (nSPS) is 14.1. The summed E-state index contributed by atoms with van der Waals surface area (Å²) in [5.41, 5.74) is 1.97. The Morgan fingerprint density at radius 1 is 1.05 bits per heavy atom. The van der Waals surface area contributed by atoms with E-state index >= 15 is 0 Å². The van der Waals surface area contributed by atoms with Gasteiger partial charge in [-0.1, -0.05) is 42.5 Å². The maximum Gasteiger partial charge on any atom is 0.130 e. The van der Waals surface area contributed by atoms with Gasteiger partial charge in [0, 0.05) is 5.56 Å². The zero-order chi connectivity index (χ0) is 13.7. The molecule has 2 aromatic rings. The molecule has 0 fully saturated rings. The van der Waals surface area contributed by atoms with E-state index in [-0.39, 0.29) is 11.9 Å². The SMILES string of the molecule is C[C@H]([NH2+]Cc1ccc(F)cc1)[C@@H](O)c1ccccc1. The van der Waals surface area contributed by atoms with Gasteiger partial charge in [0.1, 0.15) is 24.5 Å². The number of benzene rings is 2. The molecule has 0 aromatic heterocycles. The van der Waals surface area contributed by atoms with Crippen molar-refractivity contribution in [3.05, 3.63) is 71.5 Å². The first-order valence-electron chi connectivity index (χ1n) is 6.47. The van der Waals surface area contributed by atoms with Gasteiger partial charge in [0.25, 0.3) is 0 Å². The number of hydrogen-bond acceptors (Lipinski definition) is 1. The predicted molar refractivity (Wildman–Crippen MR) is 72.9 cm³/mol. The highest BCUT2D eigenvalue weighted by atomic mass is 19.1. The molecule has 0 unspecified atom stereocenters. The number of aliphatic hydroxyl groups is 1. The predicted octanol–water partition coefficient (Wildman–Crippen LogP) is 2.01. The summed E-state index contributed by atoms with van der Waals surface area (Å²) in [6, 6.07) is 16.1. The number of rotatable bonds is 5. The van der Waals surface area contributed by atoms with E-state index in [1.807, 2.05) is 37.3 Å². The van der Waals surface area contributed by atoms with Gasteiger partial charge in [-0.25, -0.2) is 4.39 Å². The zero-order valence-corrected chi connectivity index (χ0v) is 11.0. The van der Waals surface area contributed by atoms with Gasteiger partial charge in [-0.2, -0.15) is 0 Å². The zero-order valence-electron chi connectivity index (χ0n) is 11.0. The van der Waals surface area contributed by atoms with Crippen LogP contribution >= 0.6 is 0 Å². The Hall–Kier alpha value is -1.71. The molecule has 19 heavy (non-hydrogen) atoms. The van der Waals surface area contributed by atoms with Crippen LogP contribution in [0.2, 0.25) is 0 Å². The summed E-state index contributed by atoms with van der Waals surface area (Å²) in [5, 5.41) is 12.3. The molecular formula is C16H19FNO+. The Balaban J connectivity index is 1.90. The lowest BCUT2D eigenvalue weighted by molar-refractivity contribution is -0.709. The highest BCUT2D eigenvalue weighted by Crippen LogP contribution is 2.13. The molecule has 0 bridgehead atoms. The first kappa shape index (κ1) is 13.7. The van der Waals surface area contributed by atoms with Crippen molar-refractivity contribution >= 4 is 0 Å². The van der Waals surface area contributed by atoms with E-state index in [0.717, 1.165) is 17.7 Å². The van der Waals surface area contributed by atoms with Crippen molar-refractivity contribution in [3.63, 3.8) is 0 Å². The van der Waals surface area contributed by atoms with Crippen LogP contribution in [0.1, 0.15) is 24.2 Å². The van der Waals surface area contributed by atoms with Gasteiger partial charge >= 0.3 is 0 Å². The summed E-state index contributed by atoms with van der Waals surface area (Å²) in [5.74, 6) is -0.221. The average molecular weight is 260 g/mol. The van der Waals surface area contributed by atoms with Gasteiger partial charge in [0.15, 0.2) is 0 Å². The third-order valence-electron chi connectivity index (χ3n) is 3.28. The molecule has 0 aliphatic heterocycles. The van der Waals surface area contributed by atoms with Crippen molar-refractivity contribution < 1.29 is 14.8 Å². The van der Waals surface area contributed by atoms with E-state index < -0.39 is 6.10 Å². The molecule has 2 atom stereocenters. The third-order valence-corrected chi connectivity index (χ3v) is 3.28. The topological polar surface area (TPSA) is 36.8 Å². The lowest BCUT2D eigenvalue weighted by Crippen LogP contribution is -2.88. The summed E-state index contributed by atoms with van der Waals surface area (Å²) in [6.07, 6.45) is -0.498. The monoisotopic (exact) mass is 260 g/mol. The van der Waals surface area contributed by atoms with Crippen LogP contribution in [-0.2, 0) is 6.54 Å². The number of halogens is 1. The lowest BCUT2D eigenvalue weighted by atomic mass is 10.0. The molecule has 100 valence electrons. The molecule has 2 rings (SSSR count). The Morgan fingerprint density at radius 3 is 2.32 bits per heavy atom. The minimum absolute atomic E-state index is 0.0486. The van der Waals surface area contributed by atoms with E-state index in [1.54, 1.807) is 12.1 Å². The van der Waals surface area contributed by atoms with E-state index in [2.05, 4.69) is 5.32 Å². The number of nitrogens with two attached hydrogens (primary N) is 1. The first-order chi connectivity index (χ1) is 9.16. The molecule has 0 amide bonds. The number of aliphatic hydroxyl groups excluding tert-OH is 1. The minimum Gasteiger partial charge on any atom is -0.382 e. The van der Waals surface area contributed by atoms with Crippen molar-refractivity contribution in [3.8, 4) is 0 Å². The highest BCUT2D eigenvalue weighted by Gasteiger charge is 2.18. The molecule has 3 N–H and O–H groups in total. The van der Waals surface area contributed by atoms with Crippen LogP contribution in [0, 0.1) is 5.82 Å². The molecule has 2 aromatic carbocycles. The average Bonchev–Trinajstić information content (AvgIpc) is 2.46. The number of hydrogen-bond donors (Lipinski definition) is 2. The Bertz CT molecular complexity index is 498. The molecular weight excluding hydrogens is 241 g/mol. The fourth-order valence-electron chi connectivity index (χ4n) is 2.03. The fraction of sp³-hybridized carbons (Fsp3) is 0.250. The summed E-state index contributed by atoms with van der Waals surface area (Å²) >= 11 is 0. The Morgan fingerprint density at radius 2 is 1.68 bits per heavy atom. The summed E-state index contributed by atoms with van der Waals surface area (Å²) in [7, 11) is 0. The molecule has 0 heterocycles. The lowest BCUT2D eigenvalue weighted by Gasteiger charge is -2.17. The minimum atomic E-state index is -0.498. The third kappa shape index (κ3) is 3.88. The maximum atomic E-state index is 12.8. The maximum absolute atomic E-state index is 12.8. The molecule has 2 nitrogen and oxygen atoms in total. The number of quaternary nitrogens is 1. The molecule has 0 aliphatic rings. The van der Waals surface area contributed by atoms with E-state index in [0.29, 0.717) is 0 Å². The van der Waals surface area contributed by atoms with Gasteiger partial charge in [-0.3, -0.25) is 0 Å². The second-order valence-electron chi connectivity index (χ2n) is 4.78. The molecule has 0 saturated carbocycles. The molecule has 0 aliphatic carbocycles. The second kappa shape index (κ2) is 6.45. The molecule has 0 saturated heterocycles. The quantitative estimate of drug-likeness (QED) is 0.848. The standard InChI is InChI=1S/C16H18FNO/c1-12(16(19)14-5-3-2-4-6-14)18-11-13-7-9-15(17)10-8-13/h2-10,12,16,18-19H,11H2,1H3/p+1/t12-,16+/m0/s1. The van der Waals surface area contributed by atoms with Crippen molar-refractivity contribution in [1.29, 1.82) is 0 Å². The van der Waals surface area contributed by atoms with Crippen molar-refractivity contribution in [2.24, 2.45) is 0 Å². The largest absolute Gasteiger partial charge is 0.382 e. The molecule has 0 radical (unpaired) electrons. The van der Waals surface area contributed by atoms with Crippen LogP contribution in [0.15, 0.2) is 54.6 Å². The fourth-order valence-corrected chi connectivity index (χ4v) is 2.03. The van der Waals surface area contributed by atoms with Gasteiger partial charge in [-0.15, -0.1) is 0 Å². The first-order valence-corrected chi connectivity index (χ1v) is 6.47. The van der Waals surface area contributed by atoms with Crippen molar-refractivity contribution in [2.45, 2.75) is 25.6 Å². The second-order valence-corrected chi connectivity index (χ2v) is 4.78. The van der Waals surface area contributed by atoms with E-state index in [1.165, 1.54) is 12.1 Å². The molecule has 0 spiro atoms. The van der Waals surface area contributed by atoms with Gasteiger partial charge in [0.2, 0.25) is 0 Å². The van der Waals surface area contributed by atoms with E-state index in [4.69, 9.17) is 0 Å². The summed E-state index contributed by atoms with van der Waals surface area (Å²) in [6.45, 7) is 2.71. The van der Waals surface area contributed by atoms with E-state index in [9.17, 15) is 9.50 Å². The van der Waals surface area contributed by atoms with Crippen LogP contribution in [0.4, 0.5) is 4.39 Å². The van der Waals surface area contributed by atoms with Crippen LogP contribution in [0.25, 0.3) is 0 Å². The summed E-state index contributed by atoms with van der Waals surface area (Å²) in [4.78, 5) is 0. The van der Waals surface area contributed by atoms with Gasteiger partial charge in [-0.05, 0) is 24.6 Å². The Kier molecular flexibility index (Phi) is 4.66. The van der Waals surface area contributed by atoms with Gasteiger partial charge in [0.05, 0.1) is 0 Å². The van der Waals surface area contributed by atoms with Crippen LogP contribution in [-0.4, -0.2) is 11.1 Å². The molecule has 3 heteroatoms. The van der Waals surface area contributed by atoms with Crippen LogP contribution in [0.3, 0.4) is 0 Å². The van der Waals surface area contributed by atoms with Crippen LogP contribution < -0.4 is 5.32 Å². The summed E-state index contributed by atoms with van der Waals surface area (Å²) < 4.78 is 12.8. The van der Waals surface area contributed by atoms with Gasteiger partial charge < -0.3 is 10.4 Å². The Labute approximate surface area is 112 Å². The van der Waals surface area contributed by atoms with Crippen molar-refractivity contribution in [2.75, 3.05) is 0 Å². The van der Waals surface area contributed by atoms with Crippen molar-refractivity contribution in [1.82, 2.24) is 0 Å². The smallest absolute Gasteiger partial charge is 0.130 e. The highest BCUT2D eigenvalue weighted by molar-refractivity contribution is 5.18. The van der Waals surface area contributed by atoms with Crippen LogP contribution in [0.5, 0.6) is 0 Å².